The molecule has 7 nitrogen and oxygen atoms in total. The Morgan fingerprint density at radius 2 is 2.08 bits per heavy atom. The Balaban J connectivity index is 1.93. The quantitative estimate of drug-likeness (QED) is 0.898. The zero-order valence-corrected chi connectivity index (χ0v) is 13.2. The number of carbonyl (C=O) groups is 2. The highest BCUT2D eigenvalue weighted by Gasteiger charge is 2.49. The molecule has 1 atom stereocenters. The van der Waals surface area contributed by atoms with Crippen LogP contribution in [0.4, 0.5) is 4.79 Å². The Kier molecular flexibility index (Phi) is 3.84. The molecule has 3 rings (SSSR count). The van der Waals surface area contributed by atoms with Gasteiger partial charge in [0.05, 0.1) is 17.8 Å². The van der Waals surface area contributed by atoms with Gasteiger partial charge in [0.25, 0.3) is 5.78 Å². The van der Waals surface area contributed by atoms with Gasteiger partial charge in [-0.15, -0.1) is 0 Å². The summed E-state index contributed by atoms with van der Waals surface area (Å²) in [6.45, 7) is 3.28. The summed E-state index contributed by atoms with van der Waals surface area (Å²) < 4.78 is 10.2. The van der Waals surface area contributed by atoms with E-state index in [4.69, 9.17) is 9.47 Å². The van der Waals surface area contributed by atoms with E-state index >= 15 is 0 Å². The maximum atomic E-state index is 12.4. The van der Waals surface area contributed by atoms with E-state index in [1.165, 1.54) is 6.92 Å². The van der Waals surface area contributed by atoms with E-state index in [0.717, 1.165) is 5.39 Å². The Morgan fingerprint density at radius 3 is 2.83 bits per heavy atom. The second-order valence-electron chi connectivity index (χ2n) is 5.38. The number of para-hydroxylation sites is 1. The summed E-state index contributed by atoms with van der Waals surface area (Å²) in [6, 6.07) is 10.9. The van der Waals surface area contributed by atoms with Crippen LogP contribution in [0.3, 0.4) is 0 Å². The average molecular weight is 328 g/mol. The number of rotatable bonds is 3. The van der Waals surface area contributed by atoms with Crippen LogP contribution >= 0.6 is 0 Å². The van der Waals surface area contributed by atoms with Crippen LogP contribution in [-0.4, -0.2) is 28.6 Å². The molecule has 0 saturated heterocycles. The fourth-order valence-electron chi connectivity index (χ4n) is 2.47. The van der Waals surface area contributed by atoms with Crippen molar-refractivity contribution in [2.45, 2.75) is 19.4 Å². The van der Waals surface area contributed by atoms with Crippen LogP contribution in [0.1, 0.15) is 19.5 Å². The molecule has 1 amide bonds. The van der Waals surface area contributed by atoms with Gasteiger partial charge in [0, 0.05) is 5.39 Å². The number of nitrogens with zero attached hydrogens (tertiary/aromatic N) is 1. The molecule has 0 aliphatic carbocycles. The van der Waals surface area contributed by atoms with Crippen LogP contribution in [0.25, 0.3) is 10.9 Å². The molecule has 1 aliphatic rings. The molecule has 0 saturated carbocycles. The van der Waals surface area contributed by atoms with Crippen molar-refractivity contribution in [1.29, 1.82) is 0 Å². The third kappa shape index (κ3) is 2.54. The number of ketones is 1. The number of ether oxygens (including phenoxy) is 2. The largest absolute Gasteiger partial charge is 0.501 e. The summed E-state index contributed by atoms with van der Waals surface area (Å²) in [5.74, 6) is -1.69. The zero-order valence-electron chi connectivity index (χ0n) is 13.2. The fraction of sp³-hybridized carbons (Fsp3) is 0.235. The molecule has 2 N–H and O–H groups in total. The predicted molar refractivity (Wildman–Crippen MR) is 85.0 cm³/mol. The fourth-order valence-corrected chi connectivity index (χ4v) is 2.47. The van der Waals surface area contributed by atoms with Crippen molar-refractivity contribution < 1.29 is 24.2 Å². The SMILES string of the molecule is CCOC(=O)NC1=C(O)C(=O)C(C)(c2ccc3ccccc3n2)O1. The number of hydrogen-bond donors (Lipinski definition) is 2. The number of aromatic nitrogens is 1. The third-order valence-electron chi connectivity index (χ3n) is 3.75. The lowest BCUT2D eigenvalue weighted by molar-refractivity contribution is -0.132. The number of carbonyl (C=O) groups excluding carboxylic acids is 2. The molecule has 2 aromatic rings. The average Bonchev–Trinajstić information content (AvgIpc) is 2.79. The van der Waals surface area contributed by atoms with Crippen molar-refractivity contribution in [2.24, 2.45) is 0 Å². The van der Waals surface area contributed by atoms with E-state index in [9.17, 15) is 14.7 Å². The lowest BCUT2D eigenvalue weighted by Crippen LogP contribution is -2.33. The van der Waals surface area contributed by atoms with Crippen LogP contribution < -0.4 is 5.32 Å². The first-order chi connectivity index (χ1) is 11.5. The second kappa shape index (κ2) is 5.84. The topological polar surface area (TPSA) is 97.8 Å². The van der Waals surface area contributed by atoms with E-state index in [1.807, 2.05) is 30.3 Å². The number of alkyl carbamates (subject to hydrolysis) is 1. The molecule has 0 radical (unpaired) electrons. The monoisotopic (exact) mass is 328 g/mol. The Morgan fingerprint density at radius 1 is 1.33 bits per heavy atom. The number of aliphatic hydroxyl groups is 1. The van der Waals surface area contributed by atoms with Crippen molar-refractivity contribution in [3.05, 3.63) is 53.7 Å². The molecule has 1 aliphatic heterocycles. The number of nitrogens with one attached hydrogen (secondary N) is 1. The Labute approximate surface area is 137 Å². The van der Waals surface area contributed by atoms with Gasteiger partial charge in [0.2, 0.25) is 17.2 Å². The minimum Gasteiger partial charge on any atom is -0.501 e. The van der Waals surface area contributed by atoms with Crippen LogP contribution in [0, 0.1) is 0 Å². The summed E-state index contributed by atoms with van der Waals surface area (Å²) in [6.07, 6.45) is -0.817. The molecule has 1 aromatic carbocycles. The van der Waals surface area contributed by atoms with Crippen molar-refractivity contribution in [2.75, 3.05) is 6.61 Å². The first-order valence-electron chi connectivity index (χ1n) is 7.43. The van der Waals surface area contributed by atoms with Gasteiger partial charge in [0.15, 0.2) is 0 Å². The van der Waals surface area contributed by atoms with Crippen LogP contribution in [0.5, 0.6) is 0 Å². The van der Waals surface area contributed by atoms with Crippen molar-refractivity contribution in [3.8, 4) is 0 Å². The van der Waals surface area contributed by atoms with Crippen LogP contribution in [0.2, 0.25) is 0 Å². The number of pyridine rings is 1. The predicted octanol–water partition coefficient (Wildman–Crippen LogP) is 2.52. The first kappa shape index (κ1) is 15.8. The lowest BCUT2D eigenvalue weighted by atomic mass is 9.95. The smallest absolute Gasteiger partial charge is 0.414 e. The van der Waals surface area contributed by atoms with Crippen LogP contribution in [-0.2, 0) is 19.9 Å². The minimum absolute atomic E-state index is 0.150. The maximum absolute atomic E-state index is 12.4. The number of benzene rings is 1. The van der Waals surface area contributed by atoms with Gasteiger partial charge in [-0.05, 0) is 26.0 Å². The number of aliphatic hydroxyl groups excluding tert-OH is 1. The van der Waals surface area contributed by atoms with E-state index < -0.39 is 23.2 Å². The molecule has 1 unspecified atom stereocenters. The molecule has 0 bridgehead atoms. The summed E-state index contributed by atoms with van der Waals surface area (Å²) in [5, 5.41) is 13.1. The summed E-state index contributed by atoms with van der Waals surface area (Å²) >= 11 is 0. The van der Waals surface area contributed by atoms with Gasteiger partial charge < -0.3 is 14.6 Å². The standard InChI is InChI=1S/C17H16N2O5/c1-3-23-16(22)19-15-13(20)14(21)17(2,24-15)12-9-8-10-6-4-5-7-11(10)18-12/h4-9,20H,3H2,1-2H3,(H,19,22). The number of hydrogen-bond acceptors (Lipinski definition) is 6. The number of fused-ring (bicyclic) bond motifs is 1. The third-order valence-corrected chi connectivity index (χ3v) is 3.75. The van der Waals surface area contributed by atoms with E-state index in [-0.39, 0.29) is 12.5 Å². The first-order valence-corrected chi connectivity index (χ1v) is 7.43. The molecular weight excluding hydrogens is 312 g/mol. The molecule has 0 spiro atoms. The summed E-state index contributed by atoms with van der Waals surface area (Å²) in [4.78, 5) is 28.4. The Hall–Kier alpha value is -3.09. The zero-order chi connectivity index (χ0) is 17.3. The molecule has 124 valence electrons. The van der Waals surface area contributed by atoms with Gasteiger partial charge in [0.1, 0.15) is 0 Å². The minimum atomic E-state index is -1.52. The van der Waals surface area contributed by atoms with Gasteiger partial charge in [-0.1, -0.05) is 24.3 Å². The van der Waals surface area contributed by atoms with E-state index in [0.29, 0.717) is 11.2 Å². The van der Waals surface area contributed by atoms with Gasteiger partial charge in [-0.3, -0.25) is 10.1 Å². The Bertz CT molecular complexity index is 861. The van der Waals surface area contributed by atoms with Crippen LogP contribution in [0.15, 0.2) is 48.0 Å². The second-order valence-corrected chi connectivity index (χ2v) is 5.38. The molecule has 1 aromatic heterocycles. The van der Waals surface area contributed by atoms with Gasteiger partial charge >= 0.3 is 6.09 Å². The highest BCUT2D eigenvalue weighted by molar-refractivity contribution is 6.03. The number of amides is 1. The maximum Gasteiger partial charge on any atom is 0.414 e. The molecular formula is C17H16N2O5. The lowest BCUT2D eigenvalue weighted by Gasteiger charge is -2.22. The molecule has 24 heavy (non-hydrogen) atoms. The van der Waals surface area contributed by atoms with Gasteiger partial charge in [-0.25, -0.2) is 9.78 Å². The van der Waals surface area contributed by atoms with E-state index in [2.05, 4.69) is 10.3 Å². The molecule has 0 fully saturated rings. The summed E-state index contributed by atoms with van der Waals surface area (Å²) in [7, 11) is 0. The van der Waals surface area contributed by atoms with Crippen molar-refractivity contribution in [3.63, 3.8) is 0 Å². The van der Waals surface area contributed by atoms with Crippen molar-refractivity contribution in [1.82, 2.24) is 10.3 Å². The van der Waals surface area contributed by atoms with E-state index in [1.54, 1.807) is 13.0 Å². The number of Topliss-reactive ketones (excluding diaryl/α,β-unsaturated/α-hetero) is 1. The summed E-state index contributed by atoms with van der Waals surface area (Å²) in [5.41, 5.74) is -0.500. The highest BCUT2D eigenvalue weighted by Crippen LogP contribution is 2.36. The van der Waals surface area contributed by atoms with Crippen molar-refractivity contribution >= 4 is 22.8 Å². The molecule has 2 heterocycles. The normalized spacial score (nSPS) is 20.2. The molecule has 7 heteroatoms. The van der Waals surface area contributed by atoms with Gasteiger partial charge in [-0.2, -0.15) is 0 Å². The highest BCUT2D eigenvalue weighted by atomic mass is 16.6.